The lowest BCUT2D eigenvalue weighted by atomic mass is 10.2. The minimum Gasteiger partial charge on any atom is -0.357 e. The second kappa shape index (κ2) is 8.50. The van der Waals surface area contributed by atoms with Crippen molar-refractivity contribution < 1.29 is 13.2 Å². The summed E-state index contributed by atoms with van der Waals surface area (Å²) in [6.45, 7) is 1.36. The van der Waals surface area contributed by atoms with E-state index in [4.69, 9.17) is 6.42 Å². The van der Waals surface area contributed by atoms with Crippen LogP contribution < -0.4 is 10.6 Å². The molecular weight excluding hydrogens is 421 g/mol. The predicted octanol–water partition coefficient (Wildman–Crippen LogP) is 3.56. The summed E-state index contributed by atoms with van der Waals surface area (Å²) >= 11 is 0. The zero-order valence-corrected chi connectivity index (χ0v) is 16.8. The van der Waals surface area contributed by atoms with Crippen molar-refractivity contribution in [3.8, 4) is 18.0 Å². The van der Waals surface area contributed by atoms with E-state index < -0.39 is 12.2 Å². The highest BCUT2D eigenvalue weighted by molar-refractivity contribution is 5.86. The first-order valence-corrected chi connectivity index (χ1v) is 9.50. The molecule has 4 aromatic rings. The molecule has 32 heavy (non-hydrogen) atoms. The van der Waals surface area contributed by atoms with Crippen molar-refractivity contribution >= 4 is 22.8 Å². The Hall–Kier alpha value is -4.20. The molecule has 0 spiro atoms. The smallest absolute Gasteiger partial charge is 0.357 e. The first-order valence-electron chi connectivity index (χ1n) is 9.50. The number of nitrogens with zero attached hydrogens (tertiary/aromatic N) is 6. The second-order valence-electron chi connectivity index (χ2n) is 6.87. The fourth-order valence-electron chi connectivity index (χ4n) is 2.85. The lowest BCUT2D eigenvalue weighted by Crippen LogP contribution is -2.33. The highest BCUT2D eigenvalue weighted by Crippen LogP contribution is 2.27. The maximum atomic E-state index is 13.1. The lowest BCUT2D eigenvalue weighted by Gasteiger charge is -2.19. The van der Waals surface area contributed by atoms with E-state index in [0.29, 0.717) is 12.1 Å². The average molecular weight is 438 g/mol. The molecule has 2 N–H and O–H groups in total. The lowest BCUT2D eigenvalue weighted by molar-refractivity contribution is -0.138. The van der Waals surface area contributed by atoms with Gasteiger partial charge in [-0.15, -0.1) is 6.42 Å². The van der Waals surface area contributed by atoms with Crippen LogP contribution in [0.15, 0.2) is 49.1 Å². The van der Waals surface area contributed by atoms with Crippen molar-refractivity contribution in [2.45, 2.75) is 25.7 Å². The Morgan fingerprint density at radius 2 is 1.88 bits per heavy atom. The van der Waals surface area contributed by atoms with Crippen LogP contribution in [-0.2, 0) is 6.54 Å². The third kappa shape index (κ3) is 4.59. The fourth-order valence-corrected chi connectivity index (χ4v) is 2.85. The van der Waals surface area contributed by atoms with E-state index in [1.807, 2.05) is 24.3 Å². The van der Waals surface area contributed by atoms with E-state index in [2.05, 4.69) is 41.6 Å². The molecule has 11 heteroatoms. The van der Waals surface area contributed by atoms with Gasteiger partial charge in [0.2, 0.25) is 5.95 Å². The summed E-state index contributed by atoms with van der Waals surface area (Å²) in [4.78, 5) is 16.7. The molecule has 0 saturated carbocycles. The molecule has 4 rings (SSSR count). The fraction of sp³-hybridized carbons (Fsp3) is 0.190. The van der Waals surface area contributed by atoms with Gasteiger partial charge in [-0.25, -0.2) is 19.6 Å². The molecule has 1 aromatic carbocycles. The van der Waals surface area contributed by atoms with Gasteiger partial charge < -0.3 is 10.6 Å². The van der Waals surface area contributed by atoms with Gasteiger partial charge in [0.1, 0.15) is 29.9 Å². The maximum absolute atomic E-state index is 13.1. The Morgan fingerprint density at radius 3 is 2.53 bits per heavy atom. The minimum absolute atomic E-state index is 0.0547. The standard InChI is InChI=1S/C21H17F3N8/c1-3-15-6-9-17-18(29-15)19(28-13(2)21(22,23)24)31-20(30-17)26-10-14-4-7-16(8-5-14)32-12-25-11-27-32/h1,4-9,11-13H,10H2,2H3,(H2,26,28,30,31)/t13-/m0/s1. The van der Waals surface area contributed by atoms with E-state index in [9.17, 15) is 13.2 Å². The Kier molecular flexibility index (Phi) is 5.59. The molecule has 8 nitrogen and oxygen atoms in total. The first kappa shape index (κ1) is 21.0. The zero-order chi connectivity index (χ0) is 22.7. The minimum atomic E-state index is -4.46. The van der Waals surface area contributed by atoms with Crippen LogP contribution in [0.5, 0.6) is 0 Å². The molecule has 0 unspecified atom stereocenters. The topological polar surface area (TPSA) is 93.4 Å². The third-order valence-electron chi connectivity index (χ3n) is 4.60. The molecule has 0 aliphatic carbocycles. The Bertz CT molecular complexity index is 1260. The van der Waals surface area contributed by atoms with Crippen molar-refractivity contribution in [1.82, 2.24) is 29.7 Å². The number of pyridine rings is 1. The van der Waals surface area contributed by atoms with Crippen molar-refractivity contribution in [2.75, 3.05) is 10.6 Å². The highest BCUT2D eigenvalue weighted by atomic mass is 19.4. The van der Waals surface area contributed by atoms with Gasteiger partial charge >= 0.3 is 6.18 Å². The predicted molar refractivity (Wildman–Crippen MR) is 113 cm³/mol. The third-order valence-corrected chi connectivity index (χ3v) is 4.60. The largest absolute Gasteiger partial charge is 0.408 e. The molecule has 0 amide bonds. The number of benzene rings is 1. The summed E-state index contributed by atoms with van der Waals surface area (Å²) in [5.74, 6) is 2.47. The molecule has 0 saturated heterocycles. The van der Waals surface area contributed by atoms with Crippen LogP contribution in [0.4, 0.5) is 24.9 Å². The van der Waals surface area contributed by atoms with Crippen molar-refractivity contribution in [1.29, 1.82) is 0 Å². The summed E-state index contributed by atoms with van der Waals surface area (Å²) in [6.07, 6.45) is 3.95. The summed E-state index contributed by atoms with van der Waals surface area (Å²) in [5, 5.41) is 9.48. The van der Waals surface area contributed by atoms with Gasteiger partial charge in [0.25, 0.3) is 0 Å². The van der Waals surface area contributed by atoms with Gasteiger partial charge in [0, 0.05) is 6.54 Å². The second-order valence-corrected chi connectivity index (χ2v) is 6.87. The Labute approximate surface area is 180 Å². The molecule has 3 heterocycles. The normalized spacial score (nSPS) is 12.3. The van der Waals surface area contributed by atoms with Crippen LogP contribution >= 0.6 is 0 Å². The average Bonchev–Trinajstić information content (AvgIpc) is 3.32. The monoisotopic (exact) mass is 438 g/mol. The van der Waals surface area contributed by atoms with Gasteiger partial charge in [-0.05, 0) is 36.8 Å². The Balaban J connectivity index is 1.59. The van der Waals surface area contributed by atoms with Gasteiger partial charge in [0.05, 0.1) is 11.2 Å². The molecular formula is C21H17F3N8. The summed E-state index contributed by atoms with van der Waals surface area (Å²) < 4.78 is 40.9. The molecule has 0 fully saturated rings. The number of terminal acetylenes is 1. The number of nitrogens with one attached hydrogen (secondary N) is 2. The molecule has 0 aliphatic heterocycles. The highest BCUT2D eigenvalue weighted by Gasteiger charge is 2.36. The number of halogens is 3. The van der Waals surface area contributed by atoms with Crippen LogP contribution in [0, 0.1) is 12.3 Å². The number of hydrogen-bond acceptors (Lipinski definition) is 7. The van der Waals surface area contributed by atoms with Gasteiger partial charge in [0.15, 0.2) is 5.82 Å². The van der Waals surface area contributed by atoms with E-state index in [1.165, 1.54) is 6.33 Å². The van der Waals surface area contributed by atoms with Crippen molar-refractivity contribution in [2.24, 2.45) is 0 Å². The number of alkyl halides is 3. The molecule has 162 valence electrons. The Morgan fingerprint density at radius 1 is 1.09 bits per heavy atom. The van der Waals surface area contributed by atoms with Crippen LogP contribution in [0.3, 0.4) is 0 Å². The summed E-state index contributed by atoms with van der Waals surface area (Å²) in [7, 11) is 0. The molecule has 0 aliphatic rings. The van der Waals surface area contributed by atoms with E-state index in [0.717, 1.165) is 18.2 Å². The molecule has 0 radical (unpaired) electrons. The number of anilines is 2. The van der Waals surface area contributed by atoms with Crippen molar-refractivity contribution in [3.05, 3.63) is 60.3 Å². The SMILES string of the molecule is C#Cc1ccc2nc(NCc3ccc(-n4cncn4)cc3)nc(N[C@@H](C)C(F)(F)F)c2n1. The molecule has 3 aromatic heterocycles. The van der Waals surface area contributed by atoms with Crippen LogP contribution in [-0.4, -0.2) is 41.9 Å². The zero-order valence-electron chi connectivity index (χ0n) is 16.8. The van der Waals surface area contributed by atoms with Crippen LogP contribution in [0.1, 0.15) is 18.2 Å². The first-order chi connectivity index (χ1) is 15.3. The van der Waals surface area contributed by atoms with Gasteiger partial charge in [-0.2, -0.15) is 23.3 Å². The number of aromatic nitrogens is 6. The van der Waals surface area contributed by atoms with Gasteiger partial charge in [-0.3, -0.25) is 0 Å². The van der Waals surface area contributed by atoms with Crippen LogP contribution in [0.25, 0.3) is 16.7 Å². The number of rotatable bonds is 6. The number of fused-ring (bicyclic) bond motifs is 1. The number of hydrogen-bond donors (Lipinski definition) is 2. The maximum Gasteiger partial charge on any atom is 0.408 e. The van der Waals surface area contributed by atoms with E-state index in [-0.39, 0.29) is 23.0 Å². The quantitative estimate of drug-likeness (QED) is 0.445. The van der Waals surface area contributed by atoms with E-state index >= 15 is 0 Å². The molecule has 0 bridgehead atoms. The van der Waals surface area contributed by atoms with Gasteiger partial charge in [-0.1, -0.05) is 18.1 Å². The summed E-state index contributed by atoms with van der Waals surface area (Å²) in [6, 6.07) is 8.84. The molecule has 1 atom stereocenters. The van der Waals surface area contributed by atoms with Crippen LogP contribution in [0.2, 0.25) is 0 Å². The summed E-state index contributed by atoms with van der Waals surface area (Å²) in [5.41, 5.74) is 2.56. The van der Waals surface area contributed by atoms with E-state index in [1.54, 1.807) is 23.1 Å². The van der Waals surface area contributed by atoms with Crippen molar-refractivity contribution in [3.63, 3.8) is 0 Å².